The van der Waals surface area contributed by atoms with Crippen LogP contribution in [0.2, 0.25) is 0 Å². The Morgan fingerprint density at radius 3 is 2.36 bits per heavy atom. The second-order valence-electron chi connectivity index (χ2n) is 4.91. The van der Waals surface area contributed by atoms with Gasteiger partial charge in [0.15, 0.2) is 0 Å². The highest BCUT2D eigenvalue weighted by molar-refractivity contribution is 5.73. The van der Waals surface area contributed by atoms with Crippen molar-refractivity contribution in [2.45, 2.75) is 38.8 Å². The van der Waals surface area contributed by atoms with E-state index < -0.39 is 12.2 Å². The summed E-state index contributed by atoms with van der Waals surface area (Å²) in [6, 6.07) is 9.05. The first-order valence-electron chi connectivity index (χ1n) is 7.03. The summed E-state index contributed by atoms with van der Waals surface area (Å²) >= 11 is 0. The number of nitrogens with zero attached hydrogens (tertiary/aromatic N) is 3. The number of ether oxygens (including phenoxy) is 1. The van der Waals surface area contributed by atoms with Crippen molar-refractivity contribution in [2.24, 2.45) is 11.0 Å². The largest absolute Gasteiger partial charge is 0.481 e. The van der Waals surface area contributed by atoms with Crippen LogP contribution in [0.25, 0.3) is 10.4 Å². The SMILES string of the molecule is CC(=O)O.[N-]=[N+]=N[C@@H](OC(=O)C1CCCC1)c1ccccc1. The van der Waals surface area contributed by atoms with Gasteiger partial charge in [-0.3, -0.25) is 9.59 Å². The first kappa shape index (κ1) is 17.5. The molecule has 22 heavy (non-hydrogen) atoms. The molecular formula is C15H19N3O4. The number of benzene rings is 1. The van der Waals surface area contributed by atoms with Gasteiger partial charge in [0.1, 0.15) is 0 Å². The van der Waals surface area contributed by atoms with Gasteiger partial charge < -0.3 is 9.84 Å². The predicted molar refractivity (Wildman–Crippen MR) is 79.7 cm³/mol. The number of carbonyl (C=O) groups excluding carboxylic acids is 1. The van der Waals surface area contributed by atoms with Gasteiger partial charge in [-0.25, -0.2) is 0 Å². The van der Waals surface area contributed by atoms with Gasteiger partial charge in [-0.15, -0.1) is 0 Å². The van der Waals surface area contributed by atoms with E-state index in [0.717, 1.165) is 32.6 Å². The molecular weight excluding hydrogens is 286 g/mol. The fourth-order valence-electron chi connectivity index (χ4n) is 2.19. The van der Waals surface area contributed by atoms with Crippen LogP contribution in [0.15, 0.2) is 35.4 Å². The van der Waals surface area contributed by atoms with Gasteiger partial charge in [-0.05, 0) is 29.1 Å². The molecule has 1 saturated carbocycles. The maximum absolute atomic E-state index is 11.9. The molecule has 0 radical (unpaired) electrons. The van der Waals surface area contributed by atoms with Gasteiger partial charge in [0.05, 0.1) is 5.92 Å². The van der Waals surface area contributed by atoms with Crippen molar-refractivity contribution in [3.63, 3.8) is 0 Å². The van der Waals surface area contributed by atoms with E-state index in [2.05, 4.69) is 10.0 Å². The second kappa shape index (κ2) is 9.41. The van der Waals surface area contributed by atoms with Crippen LogP contribution in [0.5, 0.6) is 0 Å². The molecule has 0 amide bonds. The maximum atomic E-state index is 11.9. The summed E-state index contributed by atoms with van der Waals surface area (Å²) in [5.74, 6) is -1.13. The quantitative estimate of drug-likeness (QED) is 0.394. The molecule has 0 heterocycles. The number of carboxylic acid groups (broad SMARTS) is 1. The van der Waals surface area contributed by atoms with Crippen LogP contribution in [0.4, 0.5) is 0 Å². The van der Waals surface area contributed by atoms with E-state index in [-0.39, 0.29) is 11.9 Å². The van der Waals surface area contributed by atoms with E-state index in [9.17, 15) is 4.79 Å². The highest BCUT2D eigenvalue weighted by atomic mass is 16.6. The van der Waals surface area contributed by atoms with E-state index in [0.29, 0.717) is 5.56 Å². The minimum atomic E-state index is -0.857. The lowest BCUT2D eigenvalue weighted by Crippen LogP contribution is -2.17. The Bertz CT molecular complexity index is 531. The number of esters is 1. The Morgan fingerprint density at radius 2 is 1.86 bits per heavy atom. The van der Waals surface area contributed by atoms with Crippen molar-refractivity contribution in [1.82, 2.24) is 0 Å². The Hall–Kier alpha value is -2.53. The minimum absolute atomic E-state index is 0.0369. The molecule has 0 spiro atoms. The molecule has 1 fully saturated rings. The van der Waals surface area contributed by atoms with Crippen LogP contribution in [0, 0.1) is 5.92 Å². The van der Waals surface area contributed by atoms with E-state index in [1.807, 2.05) is 18.2 Å². The lowest BCUT2D eigenvalue weighted by atomic mass is 10.1. The van der Waals surface area contributed by atoms with E-state index >= 15 is 0 Å². The molecule has 2 rings (SSSR count). The Kier molecular flexibility index (Phi) is 7.50. The molecule has 1 N–H and O–H groups in total. The van der Waals surface area contributed by atoms with Crippen LogP contribution in [0.3, 0.4) is 0 Å². The average molecular weight is 305 g/mol. The van der Waals surface area contributed by atoms with Crippen molar-refractivity contribution in [3.8, 4) is 0 Å². The summed E-state index contributed by atoms with van der Waals surface area (Å²) in [5, 5.41) is 11.0. The predicted octanol–water partition coefficient (Wildman–Crippen LogP) is 3.82. The molecule has 118 valence electrons. The fourth-order valence-corrected chi connectivity index (χ4v) is 2.19. The van der Waals surface area contributed by atoms with Crippen LogP contribution >= 0.6 is 0 Å². The molecule has 0 aromatic heterocycles. The van der Waals surface area contributed by atoms with Gasteiger partial charge in [-0.2, -0.15) is 0 Å². The summed E-state index contributed by atoms with van der Waals surface area (Å²) in [6.07, 6.45) is 3.02. The molecule has 0 saturated heterocycles. The van der Waals surface area contributed by atoms with Crippen molar-refractivity contribution < 1.29 is 19.4 Å². The van der Waals surface area contributed by atoms with E-state index in [1.165, 1.54) is 0 Å². The number of carbonyl (C=O) groups is 2. The van der Waals surface area contributed by atoms with Gasteiger partial charge in [0.25, 0.3) is 5.97 Å². The molecule has 1 aromatic carbocycles. The van der Waals surface area contributed by atoms with Crippen LogP contribution in [0.1, 0.15) is 44.4 Å². The van der Waals surface area contributed by atoms with Crippen molar-refractivity contribution >= 4 is 11.9 Å². The second-order valence-corrected chi connectivity index (χ2v) is 4.91. The zero-order valence-corrected chi connectivity index (χ0v) is 12.4. The molecule has 7 nitrogen and oxygen atoms in total. The van der Waals surface area contributed by atoms with Crippen LogP contribution in [-0.2, 0) is 14.3 Å². The first-order valence-corrected chi connectivity index (χ1v) is 7.03. The minimum Gasteiger partial charge on any atom is -0.481 e. The fraction of sp³-hybridized carbons (Fsp3) is 0.467. The monoisotopic (exact) mass is 305 g/mol. The van der Waals surface area contributed by atoms with Crippen LogP contribution in [-0.4, -0.2) is 17.0 Å². The zero-order valence-electron chi connectivity index (χ0n) is 12.4. The number of carboxylic acids is 1. The van der Waals surface area contributed by atoms with Gasteiger partial charge >= 0.3 is 5.97 Å². The van der Waals surface area contributed by atoms with Gasteiger partial charge in [0.2, 0.25) is 6.23 Å². The molecule has 0 bridgehead atoms. The molecule has 1 aromatic rings. The number of hydrogen-bond donors (Lipinski definition) is 1. The van der Waals surface area contributed by atoms with E-state index in [4.69, 9.17) is 20.2 Å². The summed E-state index contributed by atoms with van der Waals surface area (Å²) in [7, 11) is 0. The zero-order chi connectivity index (χ0) is 16.4. The lowest BCUT2D eigenvalue weighted by Gasteiger charge is -2.15. The Morgan fingerprint density at radius 1 is 1.32 bits per heavy atom. The Balaban J connectivity index is 0.000000541. The van der Waals surface area contributed by atoms with Crippen molar-refractivity contribution in [2.75, 3.05) is 0 Å². The average Bonchev–Trinajstić information content (AvgIpc) is 3.01. The third-order valence-corrected chi connectivity index (χ3v) is 3.16. The summed E-state index contributed by atoms with van der Waals surface area (Å²) in [4.78, 5) is 23.6. The molecule has 1 aliphatic rings. The third kappa shape index (κ3) is 6.28. The molecule has 0 unspecified atom stereocenters. The number of hydrogen-bond acceptors (Lipinski definition) is 4. The molecule has 0 aliphatic heterocycles. The van der Waals surface area contributed by atoms with Gasteiger partial charge in [-0.1, -0.05) is 43.2 Å². The Labute approximate surface area is 128 Å². The summed E-state index contributed by atoms with van der Waals surface area (Å²) in [5.41, 5.74) is 9.24. The normalized spacial score (nSPS) is 15.0. The smallest absolute Gasteiger partial charge is 0.309 e. The van der Waals surface area contributed by atoms with Crippen molar-refractivity contribution in [3.05, 3.63) is 46.3 Å². The summed E-state index contributed by atoms with van der Waals surface area (Å²) in [6.45, 7) is 1.08. The standard InChI is InChI=1S/C13H15N3O2.C2H4O2/c14-16-15-12(10-6-2-1-3-7-10)18-13(17)11-8-4-5-9-11;1-2(3)4/h1-3,6-7,11-12H,4-5,8-9H2;1H3,(H,3,4)/t12-;/m0./s1. The molecule has 1 atom stereocenters. The lowest BCUT2D eigenvalue weighted by molar-refractivity contribution is -0.154. The highest BCUT2D eigenvalue weighted by Gasteiger charge is 2.26. The molecule has 7 heteroatoms. The number of azide groups is 1. The first-order chi connectivity index (χ1) is 10.5. The third-order valence-electron chi connectivity index (χ3n) is 3.16. The van der Waals surface area contributed by atoms with E-state index in [1.54, 1.807) is 12.1 Å². The summed E-state index contributed by atoms with van der Waals surface area (Å²) < 4.78 is 5.30. The number of rotatable bonds is 4. The maximum Gasteiger partial charge on any atom is 0.309 e. The molecule has 1 aliphatic carbocycles. The number of aliphatic carboxylic acids is 1. The van der Waals surface area contributed by atoms with Crippen LogP contribution < -0.4 is 0 Å². The topological polar surface area (TPSA) is 112 Å². The highest BCUT2D eigenvalue weighted by Crippen LogP contribution is 2.28. The van der Waals surface area contributed by atoms with Gasteiger partial charge in [0, 0.05) is 11.8 Å². The van der Waals surface area contributed by atoms with Crippen molar-refractivity contribution in [1.29, 1.82) is 0 Å².